The lowest BCUT2D eigenvalue weighted by Gasteiger charge is -2.29. The summed E-state index contributed by atoms with van der Waals surface area (Å²) in [6.45, 7) is 0. The van der Waals surface area contributed by atoms with Crippen LogP contribution in [0, 0.1) is 4.91 Å². The maximum atomic E-state index is 10.9. The zero-order valence-electron chi connectivity index (χ0n) is 16.6. The van der Waals surface area contributed by atoms with Crippen LogP contribution in [0.3, 0.4) is 0 Å². The third kappa shape index (κ3) is 4.41. The zero-order valence-corrected chi connectivity index (χ0v) is 16.6. The van der Waals surface area contributed by atoms with E-state index in [1.807, 2.05) is 48.5 Å². The van der Waals surface area contributed by atoms with Crippen LogP contribution < -0.4 is 0 Å². The molecule has 0 heterocycles. The fourth-order valence-electron chi connectivity index (χ4n) is 3.94. The molecular weight excluding hydrogens is 390 g/mol. The molecule has 3 N–H and O–H groups in total. The Morgan fingerprint density at radius 3 is 0.968 bits per heavy atom. The lowest BCUT2D eigenvalue weighted by molar-refractivity contribution is 0.473. The third-order valence-corrected chi connectivity index (χ3v) is 5.45. The molecule has 0 saturated carbocycles. The minimum Gasteiger partial charge on any atom is -0.508 e. The van der Waals surface area contributed by atoms with Crippen molar-refractivity contribution in [3.63, 3.8) is 0 Å². The first-order valence-corrected chi connectivity index (χ1v) is 9.85. The van der Waals surface area contributed by atoms with Gasteiger partial charge in [0, 0.05) is 11.8 Å². The Bertz CT molecular complexity index is 1110. The Labute approximate surface area is 179 Å². The number of phenolic OH excluding ortho intramolecular Hbond substituents is 3. The average Bonchev–Trinajstić information content (AvgIpc) is 2.80. The summed E-state index contributed by atoms with van der Waals surface area (Å²) in [7, 11) is 0. The van der Waals surface area contributed by atoms with Crippen LogP contribution in [0.15, 0.2) is 102 Å². The Morgan fingerprint density at radius 2 is 0.710 bits per heavy atom. The summed E-state index contributed by atoms with van der Waals surface area (Å²) >= 11 is 0. The molecule has 4 rings (SSSR count). The van der Waals surface area contributed by atoms with Crippen molar-refractivity contribution in [2.45, 2.75) is 11.8 Å². The topological polar surface area (TPSA) is 90.1 Å². The number of hydrogen-bond donors (Lipinski definition) is 3. The van der Waals surface area contributed by atoms with E-state index in [1.54, 1.807) is 48.5 Å². The van der Waals surface area contributed by atoms with Gasteiger partial charge in [0.15, 0.2) is 0 Å². The number of rotatable bonds is 6. The summed E-state index contributed by atoms with van der Waals surface area (Å²) in [4.78, 5) is 10.9. The predicted molar refractivity (Wildman–Crippen MR) is 120 cm³/mol. The second kappa shape index (κ2) is 8.71. The molecule has 5 heteroatoms. The Hall–Kier alpha value is -4.12. The van der Waals surface area contributed by atoms with E-state index in [0.717, 1.165) is 22.3 Å². The second-order valence-electron chi connectivity index (χ2n) is 7.41. The van der Waals surface area contributed by atoms with E-state index in [4.69, 9.17) is 0 Å². The molecule has 0 radical (unpaired) electrons. The van der Waals surface area contributed by atoms with E-state index in [-0.39, 0.29) is 29.1 Å². The molecule has 0 aliphatic carbocycles. The molecule has 0 fully saturated rings. The molecule has 31 heavy (non-hydrogen) atoms. The molecule has 1 unspecified atom stereocenters. The molecule has 0 bridgehead atoms. The first kappa shape index (κ1) is 20.2. The minimum atomic E-state index is -0.171. The van der Waals surface area contributed by atoms with Gasteiger partial charge in [-0.1, -0.05) is 48.5 Å². The number of nitroso groups, excluding NO2 is 1. The lowest BCUT2D eigenvalue weighted by Crippen LogP contribution is -2.14. The van der Waals surface area contributed by atoms with Crippen molar-refractivity contribution in [2.24, 2.45) is 5.18 Å². The summed E-state index contributed by atoms with van der Waals surface area (Å²) < 4.78 is 0. The first-order valence-electron chi connectivity index (χ1n) is 9.85. The monoisotopic (exact) mass is 411 g/mol. The fourth-order valence-corrected chi connectivity index (χ4v) is 3.94. The van der Waals surface area contributed by atoms with Gasteiger partial charge in [-0.2, -0.15) is 0 Å². The van der Waals surface area contributed by atoms with Crippen LogP contribution in [-0.4, -0.2) is 15.3 Å². The van der Waals surface area contributed by atoms with Gasteiger partial charge < -0.3 is 15.3 Å². The summed E-state index contributed by atoms with van der Waals surface area (Å²) in [5.74, 6) is 0.191. The number of hydrogen-bond acceptors (Lipinski definition) is 5. The van der Waals surface area contributed by atoms with Gasteiger partial charge in [-0.25, -0.2) is 0 Å². The van der Waals surface area contributed by atoms with Crippen molar-refractivity contribution < 1.29 is 15.3 Å². The van der Waals surface area contributed by atoms with Gasteiger partial charge in [0.2, 0.25) is 0 Å². The molecule has 0 aliphatic heterocycles. The minimum absolute atomic E-state index is 0.166. The van der Waals surface area contributed by atoms with E-state index in [9.17, 15) is 20.2 Å². The predicted octanol–water partition coefficient (Wildman–Crippen LogP) is 6.17. The highest BCUT2D eigenvalue weighted by Crippen LogP contribution is 2.44. The van der Waals surface area contributed by atoms with E-state index < -0.39 is 0 Å². The van der Waals surface area contributed by atoms with Gasteiger partial charge in [0.05, 0.1) is 0 Å². The molecule has 0 aromatic heterocycles. The van der Waals surface area contributed by atoms with Gasteiger partial charge in [0.1, 0.15) is 22.9 Å². The second-order valence-corrected chi connectivity index (χ2v) is 7.41. The highest BCUT2D eigenvalue weighted by molar-refractivity contribution is 5.49. The first-order chi connectivity index (χ1) is 15.0. The number of benzene rings is 4. The number of nitrogens with zero attached hydrogens (tertiary/aromatic N) is 1. The third-order valence-electron chi connectivity index (χ3n) is 5.45. The van der Waals surface area contributed by atoms with Gasteiger partial charge in [0.25, 0.3) is 0 Å². The van der Waals surface area contributed by atoms with Crippen LogP contribution >= 0.6 is 0 Å². The standard InChI is InChI=1S/C26H21NO4/c28-22-11-3-18(4-12-22)25(17-1-9-21(27-31)10-2-17)26(19-5-13-23(29)14-6-19)20-7-15-24(30)16-8-20/h1-16,25-26,28-30H. The molecule has 0 spiro atoms. The van der Waals surface area contributed by atoms with E-state index >= 15 is 0 Å². The molecular formula is C26H21NO4. The van der Waals surface area contributed by atoms with Gasteiger partial charge in [-0.05, 0) is 76.0 Å². The lowest BCUT2D eigenvalue weighted by atomic mass is 9.73. The summed E-state index contributed by atoms with van der Waals surface area (Å²) in [5, 5.41) is 32.4. The normalized spacial score (nSPS) is 11.9. The van der Waals surface area contributed by atoms with Crippen molar-refractivity contribution >= 4 is 5.69 Å². The highest BCUT2D eigenvalue weighted by Gasteiger charge is 2.28. The van der Waals surface area contributed by atoms with Gasteiger partial charge in [-0.15, -0.1) is 4.91 Å². The molecule has 4 aromatic carbocycles. The molecule has 5 nitrogen and oxygen atoms in total. The Balaban J connectivity index is 1.93. The van der Waals surface area contributed by atoms with E-state index in [0.29, 0.717) is 5.69 Å². The van der Waals surface area contributed by atoms with Crippen LogP contribution in [0.2, 0.25) is 0 Å². The van der Waals surface area contributed by atoms with Crippen LogP contribution in [0.1, 0.15) is 34.1 Å². The van der Waals surface area contributed by atoms with Crippen LogP contribution in [-0.2, 0) is 0 Å². The van der Waals surface area contributed by atoms with Crippen LogP contribution in [0.5, 0.6) is 17.2 Å². The van der Waals surface area contributed by atoms with Crippen LogP contribution in [0.25, 0.3) is 0 Å². The van der Waals surface area contributed by atoms with Gasteiger partial charge >= 0.3 is 0 Å². The average molecular weight is 411 g/mol. The van der Waals surface area contributed by atoms with E-state index in [1.165, 1.54) is 0 Å². The molecule has 0 amide bonds. The van der Waals surface area contributed by atoms with Crippen molar-refractivity contribution in [3.05, 3.63) is 124 Å². The SMILES string of the molecule is O=Nc1ccc(C(c2ccc(O)cc2)C(c2ccc(O)cc2)c2ccc(O)cc2)cc1. The van der Waals surface area contributed by atoms with E-state index in [2.05, 4.69) is 5.18 Å². The maximum absolute atomic E-state index is 10.9. The maximum Gasteiger partial charge on any atom is 0.115 e. The Morgan fingerprint density at radius 1 is 0.452 bits per heavy atom. The summed E-state index contributed by atoms with van der Waals surface area (Å²) in [5.41, 5.74) is 4.22. The molecule has 4 aromatic rings. The highest BCUT2D eigenvalue weighted by atomic mass is 16.3. The number of phenols is 3. The van der Waals surface area contributed by atoms with Crippen molar-refractivity contribution in [3.8, 4) is 17.2 Å². The van der Waals surface area contributed by atoms with Crippen LogP contribution in [0.4, 0.5) is 5.69 Å². The zero-order chi connectivity index (χ0) is 21.8. The Kier molecular flexibility index (Phi) is 5.67. The van der Waals surface area contributed by atoms with Crippen molar-refractivity contribution in [1.29, 1.82) is 0 Å². The quantitative estimate of drug-likeness (QED) is 0.331. The smallest absolute Gasteiger partial charge is 0.115 e. The summed E-state index contributed by atoms with van der Waals surface area (Å²) in [6.07, 6.45) is 0. The molecule has 1 atom stereocenters. The van der Waals surface area contributed by atoms with Crippen molar-refractivity contribution in [2.75, 3.05) is 0 Å². The van der Waals surface area contributed by atoms with Gasteiger partial charge in [-0.3, -0.25) is 0 Å². The largest absolute Gasteiger partial charge is 0.508 e. The molecule has 0 aliphatic rings. The number of aromatic hydroxyl groups is 3. The molecule has 154 valence electrons. The summed E-state index contributed by atoms with van der Waals surface area (Å²) in [6, 6.07) is 28.3. The molecule has 0 saturated heterocycles. The van der Waals surface area contributed by atoms with Crippen molar-refractivity contribution in [1.82, 2.24) is 0 Å². The fraction of sp³-hybridized carbons (Fsp3) is 0.0769.